The van der Waals surface area contributed by atoms with E-state index in [4.69, 9.17) is 0 Å². The summed E-state index contributed by atoms with van der Waals surface area (Å²) in [6.45, 7) is 0. The number of pyridine rings is 1. The molecule has 13 heteroatoms. The van der Waals surface area contributed by atoms with Gasteiger partial charge >= 0.3 is 0 Å². The van der Waals surface area contributed by atoms with Crippen molar-refractivity contribution in [2.45, 2.75) is 4.90 Å². The van der Waals surface area contributed by atoms with Gasteiger partial charge in [-0.25, -0.2) is 45.1 Å². The van der Waals surface area contributed by atoms with Gasteiger partial charge in [0.2, 0.25) is 11.8 Å². The van der Waals surface area contributed by atoms with Crippen LogP contribution in [0.25, 0.3) is 22.1 Å². The van der Waals surface area contributed by atoms with Crippen molar-refractivity contribution in [3.63, 3.8) is 0 Å². The molecule has 0 spiro atoms. The van der Waals surface area contributed by atoms with E-state index < -0.39 is 50.0 Å². The molecule has 0 fully saturated rings. The van der Waals surface area contributed by atoms with Crippen LogP contribution in [-0.2, 0) is 17.1 Å². The Labute approximate surface area is 152 Å². The van der Waals surface area contributed by atoms with E-state index in [2.05, 4.69) is 15.0 Å². The maximum absolute atomic E-state index is 13.9. The van der Waals surface area contributed by atoms with Crippen LogP contribution in [0, 0.1) is 29.1 Å². The van der Waals surface area contributed by atoms with Crippen molar-refractivity contribution in [1.82, 2.24) is 19.5 Å². The number of aryl methyl sites for hydroxylation is 1. The van der Waals surface area contributed by atoms with Crippen LogP contribution in [0.2, 0.25) is 0 Å². The average Bonchev–Trinajstić information content (AvgIpc) is 3.22. The summed E-state index contributed by atoms with van der Waals surface area (Å²) >= 11 is 0. The van der Waals surface area contributed by atoms with Crippen LogP contribution in [-0.4, -0.2) is 27.9 Å². The van der Waals surface area contributed by atoms with E-state index in [-0.39, 0.29) is 5.52 Å². The van der Waals surface area contributed by atoms with E-state index in [0.29, 0.717) is 16.6 Å². The van der Waals surface area contributed by atoms with Crippen LogP contribution in [0.15, 0.2) is 23.4 Å². The zero-order chi connectivity index (χ0) is 20.4. The Bertz CT molecular complexity index is 1350. The lowest BCUT2D eigenvalue weighted by atomic mass is 10.3. The van der Waals surface area contributed by atoms with Gasteiger partial charge in [-0.1, -0.05) is 0 Å². The van der Waals surface area contributed by atoms with Gasteiger partial charge < -0.3 is 9.55 Å². The molecule has 0 bridgehead atoms. The molecule has 2 N–H and O–H groups in total. The fourth-order valence-electron chi connectivity index (χ4n) is 2.80. The largest absolute Gasteiger partial charge is 0.346 e. The topological polar surface area (TPSA) is 92.7 Å². The highest BCUT2D eigenvalue weighted by atomic mass is 32.2. The summed E-state index contributed by atoms with van der Waals surface area (Å²) in [7, 11) is -3.80. The number of aromatic nitrogens is 4. The number of sulfonamides is 1. The minimum Gasteiger partial charge on any atom is -0.346 e. The van der Waals surface area contributed by atoms with E-state index in [1.54, 1.807) is 17.0 Å². The summed E-state index contributed by atoms with van der Waals surface area (Å²) < 4.78 is 95.5. The summed E-state index contributed by atoms with van der Waals surface area (Å²) in [6.07, 6.45) is 2.91. The number of nitrogens with zero attached hydrogens (tertiary/aromatic N) is 3. The minimum atomic E-state index is -5.20. The molecule has 0 amide bonds. The summed E-state index contributed by atoms with van der Waals surface area (Å²) in [5.41, 5.74) is 1.15. The van der Waals surface area contributed by atoms with Gasteiger partial charge in [-0.3, -0.25) is 0 Å². The third-order valence-electron chi connectivity index (χ3n) is 4.08. The van der Waals surface area contributed by atoms with Crippen molar-refractivity contribution in [3.8, 4) is 0 Å². The minimum absolute atomic E-state index is 0.240. The van der Waals surface area contributed by atoms with Crippen molar-refractivity contribution < 1.29 is 30.4 Å². The smallest absolute Gasteiger partial charge is 0.270 e. The third kappa shape index (κ3) is 2.42. The van der Waals surface area contributed by atoms with Crippen molar-refractivity contribution in [2.24, 2.45) is 7.05 Å². The molecule has 0 atom stereocenters. The molecule has 7 nitrogen and oxygen atoms in total. The number of H-pyrrole nitrogens is 1. The van der Waals surface area contributed by atoms with Gasteiger partial charge in [0, 0.05) is 18.6 Å². The van der Waals surface area contributed by atoms with Crippen molar-refractivity contribution in [1.29, 1.82) is 0 Å². The Morgan fingerprint density at radius 2 is 1.64 bits per heavy atom. The fourth-order valence-corrected chi connectivity index (χ4v) is 3.97. The molecule has 1 aromatic carbocycles. The Kier molecular flexibility index (Phi) is 3.82. The number of aromatic amines is 1. The molecule has 0 aliphatic heterocycles. The summed E-state index contributed by atoms with van der Waals surface area (Å²) in [6, 6.07) is 1.65. The molecule has 4 aromatic rings. The molecule has 146 valence electrons. The molecule has 3 heterocycles. The Balaban J connectivity index is 1.89. The normalized spacial score (nSPS) is 12.2. The lowest BCUT2D eigenvalue weighted by Gasteiger charge is -2.11. The molecule has 0 aliphatic rings. The predicted octanol–water partition coefficient (Wildman–Crippen LogP) is 2.95. The lowest BCUT2D eigenvalue weighted by molar-refractivity contribution is 0.358. The lowest BCUT2D eigenvalue weighted by Crippen LogP contribution is -2.21. The van der Waals surface area contributed by atoms with Gasteiger partial charge in [-0.15, -0.1) is 0 Å². The number of nitrogens with one attached hydrogen (secondary N) is 2. The number of halogens is 5. The fraction of sp³-hybridized carbons (Fsp3) is 0.0667. The standard InChI is InChI=1S/C15H8F5N5O2S/c1-25-12-5-2-3-21-14(5)22-4-6(12)23-15(25)24-28(26,27)13-10(19)8(17)7(16)9(18)11(13)20/h2-4H,1H3,(H,21,22)(H,23,24). The van der Waals surface area contributed by atoms with Gasteiger partial charge in [0.25, 0.3) is 10.0 Å². The zero-order valence-corrected chi connectivity index (χ0v) is 14.5. The maximum atomic E-state index is 13.9. The third-order valence-corrected chi connectivity index (χ3v) is 5.43. The first kappa shape index (κ1) is 18.2. The Morgan fingerprint density at radius 3 is 2.29 bits per heavy atom. The van der Waals surface area contributed by atoms with Crippen LogP contribution < -0.4 is 4.72 Å². The second-order valence-electron chi connectivity index (χ2n) is 5.73. The summed E-state index contributed by atoms with van der Waals surface area (Å²) in [5, 5.41) is 0.578. The maximum Gasteiger partial charge on any atom is 0.270 e. The second-order valence-corrected chi connectivity index (χ2v) is 7.35. The van der Waals surface area contributed by atoms with Gasteiger partial charge in [-0.05, 0) is 6.07 Å². The highest BCUT2D eigenvalue weighted by Gasteiger charge is 2.34. The number of imidazole rings is 1. The molecule has 0 aliphatic carbocycles. The summed E-state index contributed by atoms with van der Waals surface area (Å²) in [5.74, 6) is -12.6. The Morgan fingerprint density at radius 1 is 1.04 bits per heavy atom. The first-order valence-corrected chi connectivity index (χ1v) is 8.94. The number of hydrogen-bond donors (Lipinski definition) is 2. The number of fused-ring (bicyclic) bond motifs is 3. The molecule has 0 saturated carbocycles. The van der Waals surface area contributed by atoms with E-state index in [1.165, 1.54) is 17.8 Å². The molecule has 4 rings (SSSR count). The number of anilines is 1. The van der Waals surface area contributed by atoms with Crippen LogP contribution in [0.1, 0.15) is 0 Å². The first-order valence-electron chi connectivity index (χ1n) is 7.46. The van der Waals surface area contributed by atoms with E-state index in [0.717, 1.165) is 0 Å². The van der Waals surface area contributed by atoms with Crippen molar-refractivity contribution in [3.05, 3.63) is 47.5 Å². The van der Waals surface area contributed by atoms with Gasteiger partial charge in [-0.2, -0.15) is 0 Å². The molecule has 0 saturated heterocycles. The second kappa shape index (κ2) is 5.89. The van der Waals surface area contributed by atoms with E-state index >= 15 is 0 Å². The van der Waals surface area contributed by atoms with Crippen molar-refractivity contribution in [2.75, 3.05) is 4.72 Å². The molecule has 0 radical (unpaired) electrons. The Hall–Kier alpha value is -3.22. The summed E-state index contributed by atoms with van der Waals surface area (Å²) in [4.78, 5) is 8.88. The molecule has 3 aromatic heterocycles. The molecule has 0 unspecified atom stereocenters. The van der Waals surface area contributed by atoms with Crippen molar-refractivity contribution >= 4 is 38.0 Å². The molecular formula is C15H8F5N5O2S. The highest BCUT2D eigenvalue weighted by Crippen LogP contribution is 2.30. The monoisotopic (exact) mass is 417 g/mol. The zero-order valence-electron chi connectivity index (χ0n) is 13.7. The quantitative estimate of drug-likeness (QED) is 0.305. The van der Waals surface area contributed by atoms with Gasteiger partial charge in [0.15, 0.2) is 28.2 Å². The van der Waals surface area contributed by atoms with Crippen LogP contribution in [0.5, 0.6) is 0 Å². The molecule has 28 heavy (non-hydrogen) atoms. The number of hydrogen-bond acceptors (Lipinski definition) is 4. The van der Waals surface area contributed by atoms with E-state index in [9.17, 15) is 30.4 Å². The number of rotatable bonds is 3. The van der Waals surface area contributed by atoms with Gasteiger partial charge in [0.05, 0.1) is 11.7 Å². The number of benzene rings is 1. The molecular weight excluding hydrogens is 409 g/mol. The van der Waals surface area contributed by atoms with Crippen LogP contribution in [0.3, 0.4) is 0 Å². The SMILES string of the molecule is Cn1c(NS(=O)(=O)c2c(F)c(F)c(F)c(F)c2F)nc2cnc3[nH]ccc3c21. The predicted molar refractivity (Wildman–Crippen MR) is 87.4 cm³/mol. The average molecular weight is 417 g/mol. The van der Waals surface area contributed by atoms with Crippen LogP contribution in [0.4, 0.5) is 27.9 Å². The van der Waals surface area contributed by atoms with Gasteiger partial charge in [0.1, 0.15) is 11.2 Å². The highest BCUT2D eigenvalue weighted by molar-refractivity contribution is 7.92. The first-order chi connectivity index (χ1) is 13.1. The van der Waals surface area contributed by atoms with Crippen LogP contribution >= 0.6 is 0 Å². The van der Waals surface area contributed by atoms with E-state index in [1.807, 2.05) is 0 Å².